The van der Waals surface area contributed by atoms with Gasteiger partial charge in [0.1, 0.15) is 11.5 Å². The van der Waals surface area contributed by atoms with Gasteiger partial charge in [0.2, 0.25) is 0 Å². The van der Waals surface area contributed by atoms with Gasteiger partial charge in [-0.2, -0.15) is 25.3 Å². The van der Waals surface area contributed by atoms with E-state index in [4.69, 9.17) is 18.9 Å². The molecule has 6 heterocycles. The van der Waals surface area contributed by atoms with E-state index < -0.39 is 0 Å². The third-order valence-electron chi connectivity index (χ3n) is 15.7. The first-order chi connectivity index (χ1) is 41.6. The highest BCUT2D eigenvalue weighted by Gasteiger charge is 2.21. The molecular formula is C72H82O4S8. The van der Waals surface area contributed by atoms with Gasteiger partial charge in [-0.15, -0.1) is 68.0 Å². The average molecular weight is 1270 g/mol. The third kappa shape index (κ3) is 18.0. The summed E-state index contributed by atoms with van der Waals surface area (Å²) in [6, 6.07) is 45.0. The van der Waals surface area contributed by atoms with Gasteiger partial charge in [0.15, 0.2) is 0 Å². The largest absolute Gasteiger partial charge is 0.493 e. The Kier molecular flexibility index (Phi) is 25.7. The number of hydrogen-bond donors (Lipinski definition) is 2. The van der Waals surface area contributed by atoms with Gasteiger partial charge in [0.05, 0.1) is 39.6 Å². The molecule has 0 saturated carbocycles. The van der Waals surface area contributed by atoms with Crippen molar-refractivity contribution in [3.63, 3.8) is 0 Å². The van der Waals surface area contributed by atoms with Crippen molar-refractivity contribution in [3.05, 3.63) is 165 Å². The van der Waals surface area contributed by atoms with E-state index in [1.54, 1.807) is 22.7 Å². The molecule has 0 fully saturated rings. The van der Waals surface area contributed by atoms with Gasteiger partial charge in [-0.25, -0.2) is 0 Å². The van der Waals surface area contributed by atoms with Gasteiger partial charge in [-0.3, -0.25) is 0 Å². The highest BCUT2D eigenvalue weighted by Crippen LogP contribution is 2.47. The van der Waals surface area contributed by atoms with Crippen LogP contribution in [0.2, 0.25) is 0 Å². The number of thiophene rings is 6. The van der Waals surface area contributed by atoms with E-state index >= 15 is 0 Å². The van der Waals surface area contributed by atoms with E-state index in [0.29, 0.717) is 39.6 Å². The van der Waals surface area contributed by atoms with Crippen molar-refractivity contribution >= 4 is 115 Å². The van der Waals surface area contributed by atoms with Crippen LogP contribution in [0.5, 0.6) is 11.5 Å². The predicted octanol–water partition coefficient (Wildman–Crippen LogP) is 23.9. The Morgan fingerprint density at radius 2 is 0.702 bits per heavy atom. The molecule has 84 heavy (non-hydrogen) atoms. The molecule has 0 amide bonds. The van der Waals surface area contributed by atoms with Crippen molar-refractivity contribution in [3.8, 4) is 61.6 Å². The number of benzene rings is 4. The minimum Gasteiger partial charge on any atom is -0.493 e. The molecular weight excluding hydrogens is 1190 g/mol. The van der Waals surface area contributed by atoms with Gasteiger partial charge < -0.3 is 18.9 Å². The maximum Gasteiger partial charge on any atom is 0.127 e. The molecule has 0 N–H and O–H groups in total. The maximum absolute atomic E-state index is 6.97. The molecule has 0 aliphatic heterocycles. The molecule has 0 saturated heterocycles. The van der Waals surface area contributed by atoms with E-state index in [1.807, 2.05) is 45.3 Å². The van der Waals surface area contributed by atoms with Crippen molar-refractivity contribution in [1.82, 2.24) is 0 Å². The summed E-state index contributed by atoms with van der Waals surface area (Å²) in [5, 5.41) is 13.3. The molecule has 0 radical (unpaired) electrons. The molecule has 0 unspecified atom stereocenters. The SMILES string of the molecule is SCCCCCCCCCCCOc1ccc2cc(COCCc3cc(-c4cccs4)sc3-c3cccs3)ccc2c1-c1c(OCCCCCCCCCCCS)ccc2cc(COCCc3cc(-c4cccs4)sc3-c3cccs3)ccc12. The van der Waals surface area contributed by atoms with Crippen molar-refractivity contribution in [1.29, 1.82) is 0 Å². The van der Waals surface area contributed by atoms with Gasteiger partial charge >= 0.3 is 0 Å². The summed E-state index contributed by atoms with van der Waals surface area (Å²) in [5.41, 5.74) is 7.24. The normalized spacial score (nSPS) is 11.7. The molecule has 6 aromatic heterocycles. The van der Waals surface area contributed by atoms with Crippen LogP contribution in [0.4, 0.5) is 0 Å². The molecule has 0 aliphatic carbocycles. The van der Waals surface area contributed by atoms with Crippen molar-refractivity contribution in [2.75, 3.05) is 37.9 Å². The van der Waals surface area contributed by atoms with Crippen LogP contribution in [0.1, 0.15) is 138 Å². The average Bonchev–Trinajstić information content (AvgIpc) is 2.13. The van der Waals surface area contributed by atoms with E-state index in [1.165, 1.54) is 164 Å². The standard InChI is InChI=1S/C72H82O4S8/c77-41-17-13-9-5-1-3-7-11-15-37-75-61-33-29-55-47-53(51-73-39-35-57-49-67(63-23-19-43-79-63)83-71(57)65-25-21-45-81-65)27-31-59(55)69(61)70-60-32-28-54(48-56(60)30-34-62(70)76-38-16-12-8-4-2-6-10-14-18-42-78)52-74-40-36-58-50-68(64-24-20-44-80-64)84-72(58)66-26-22-46-82-66/h19-34,43-50,77-78H,1-18,35-42,51-52H2. The lowest BCUT2D eigenvalue weighted by molar-refractivity contribution is 0.124. The van der Waals surface area contributed by atoms with Crippen LogP contribution in [0, 0.1) is 0 Å². The number of fused-ring (bicyclic) bond motifs is 2. The molecule has 4 aromatic carbocycles. The highest BCUT2D eigenvalue weighted by molar-refractivity contribution is 7.80. The second kappa shape index (κ2) is 34.4. The van der Waals surface area contributed by atoms with E-state index in [0.717, 1.165) is 81.7 Å². The summed E-state index contributed by atoms with van der Waals surface area (Å²) in [5.74, 6) is 3.81. The summed E-state index contributed by atoms with van der Waals surface area (Å²) >= 11 is 19.8. The number of hydrogen-bond acceptors (Lipinski definition) is 12. The second-order valence-corrected chi connectivity index (χ2v) is 28.7. The van der Waals surface area contributed by atoms with Gasteiger partial charge in [-0.1, -0.05) is 151 Å². The molecule has 10 rings (SSSR count). The zero-order valence-corrected chi connectivity index (χ0v) is 55.3. The molecule has 12 heteroatoms. The van der Waals surface area contributed by atoms with Crippen LogP contribution in [-0.4, -0.2) is 37.9 Å². The molecule has 10 aromatic rings. The fourth-order valence-electron chi connectivity index (χ4n) is 11.2. The van der Waals surface area contributed by atoms with Crippen LogP contribution >= 0.6 is 93.3 Å². The minimum absolute atomic E-state index is 0.540. The summed E-state index contributed by atoms with van der Waals surface area (Å²) in [6.45, 7) is 3.72. The van der Waals surface area contributed by atoms with Crippen LogP contribution in [0.25, 0.3) is 71.7 Å². The van der Waals surface area contributed by atoms with Crippen molar-refractivity contribution in [2.45, 2.75) is 142 Å². The lowest BCUT2D eigenvalue weighted by Crippen LogP contribution is -2.03. The Hall–Kier alpha value is -4.18. The Morgan fingerprint density at radius 3 is 1.07 bits per heavy atom. The van der Waals surface area contributed by atoms with Crippen molar-refractivity contribution < 1.29 is 18.9 Å². The molecule has 4 nitrogen and oxygen atoms in total. The summed E-state index contributed by atoms with van der Waals surface area (Å²) in [6.07, 6.45) is 24.2. The first-order valence-corrected chi connectivity index (χ1v) is 37.2. The van der Waals surface area contributed by atoms with Crippen LogP contribution in [-0.2, 0) is 35.5 Å². The van der Waals surface area contributed by atoms with E-state index in [2.05, 4.69) is 168 Å². The summed E-state index contributed by atoms with van der Waals surface area (Å²) in [7, 11) is 0. The Balaban J connectivity index is 0.884. The fraction of sp³-hybridized carbons (Fsp3) is 0.389. The fourth-order valence-corrected chi connectivity index (χ4v) is 17.5. The lowest BCUT2D eigenvalue weighted by atomic mass is 9.91. The molecule has 0 aliphatic rings. The van der Waals surface area contributed by atoms with Gasteiger partial charge in [-0.05, 0) is 176 Å². The molecule has 442 valence electrons. The quantitative estimate of drug-likeness (QED) is 0.0297. The Bertz CT molecular complexity index is 3230. The zero-order valence-electron chi connectivity index (χ0n) is 48.6. The van der Waals surface area contributed by atoms with Gasteiger partial charge in [0.25, 0.3) is 0 Å². The number of unbranched alkanes of at least 4 members (excludes halogenated alkanes) is 16. The number of ether oxygens (including phenoxy) is 4. The summed E-state index contributed by atoms with van der Waals surface area (Å²) < 4.78 is 27.0. The Labute approximate surface area is 535 Å². The molecule has 0 atom stereocenters. The third-order valence-corrected chi connectivity index (χ3v) is 22.9. The lowest BCUT2D eigenvalue weighted by Gasteiger charge is -2.20. The minimum atomic E-state index is 0.540. The van der Waals surface area contributed by atoms with Crippen LogP contribution < -0.4 is 9.47 Å². The monoisotopic (exact) mass is 1270 g/mol. The molecule has 0 spiro atoms. The second-order valence-electron chi connectivity index (χ2n) is 21.9. The van der Waals surface area contributed by atoms with Gasteiger partial charge in [0, 0.05) is 50.1 Å². The molecule has 0 bridgehead atoms. The topological polar surface area (TPSA) is 36.9 Å². The van der Waals surface area contributed by atoms with Crippen molar-refractivity contribution in [2.24, 2.45) is 0 Å². The van der Waals surface area contributed by atoms with Crippen LogP contribution in [0.3, 0.4) is 0 Å². The van der Waals surface area contributed by atoms with Crippen LogP contribution in [0.15, 0.2) is 143 Å². The zero-order chi connectivity index (χ0) is 57.4. The smallest absolute Gasteiger partial charge is 0.127 e. The highest BCUT2D eigenvalue weighted by atomic mass is 32.1. The number of rotatable bonds is 39. The van der Waals surface area contributed by atoms with E-state index in [-0.39, 0.29) is 0 Å². The maximum atomic E-state index is 6.97. The first-order valence-electron chi connectivity index (χ1n) is 30.8. The number of thiol groups is 2. The first kappa shape index (κ1) is 62.9. The Morgan fingerprint density at radius 1 is 0.333 bits per heavy atom. The summed E-state index contributed by atoms with van der Waals surface area (Å²) in [4.78, 5) is 10.7. The predicted molar refractivity (Wildman–Crippen MR) is 377 cm³/mol. The van der Waals surface area contributed by atoms with E-state index in [9.17, 15) is 0 Å².